The van der Waals surface area contributed by atoms with E-state index in [2.05, 4.69) is 41.2 Å². The summed E-state index contributed by atoms with van der Waals surface area (Å²) in [4.78, 5) is 20.2. The number of aryl methyl sites for hydroxylation is 2. The summed E-state index contributed by atoms with van der Waals surface area (Å²) in [6.07, 6.45) is 8.00. The van der Waals surface area contributed by atoms with Crippen molar-refractivity contribution < 1.29 is 9.21 Å². The maximum absolute atomic E-state index is 13.0. The van der Waals surface area contributed by atoms with E-state index in [1.54, 1.807) is 35.2 Å². The minimum absolute atomic E-state index is 0.143. The van der Waals surface area contributed by atoms with E-state index in [0.29, 0.717) is 5.76 Å². The highest BCUT2D eigenvalue weighted by Gasteiger charge is 2.29. The number of rotatable bonds is 7. The molecule has 2 N–H and O–H groups in total. The average molecular weight is 490 g/mol. The number of nitrogens with one attached hydrogen (secondary N) is 2. The second-order valence-electron chi connectivity index (χ2n) is 8.40. The standard InChI is InChI=1S/C27H27N3O2S2/c1-17-7-5-11-23(28-17)29-25(18-12-14-19(33-2)15-13-18)24-20-8-3-4-10-22(20)34-27(24)30-26(31)21-9-6-16-32-21/h5-7,9,11-16,25H,3-4,8,10H2,1-2H3,(H,28,29)(H,30,31)/t25-/m0/s1. The molecule has 1 aliphatic rings. The molecule has 5 nitrogen and oxygen atoms in total. The number of thiophene rings is 1. The zero-order valence-corrected chi connectivity index (χ0v) is 20.9. The van der Waals surface area contributed by atoms with Gasteiger partial charge in [0.1, 0.15) is 10.8 Å². The molecule has 0 saturated heterocycles. The van der Waals surface area contributed by atoms with Crippen LogP contribution in [-0.4, -0.2) is 17.1 Å². The molecule has 1 aromatic carbocycles. The Morgan fingerprint density at radius 2 is 1.91 bits per heavy atom. The minimum Gasteiger partial charge on any atom is -0.459 e. The number of furan rings is 1. The van der Waals surface area contributed by atoms with E-state index in [1.807, 2.05) is 25.1 Å². The Morgan fingerprint density at radius 3 is 2.65 bits per heavy atom. The Hall–Kier alpha value is -3.03. The Bertz CT molecular complexity index is 1280. The number of benzene rings is 1. The number of amides is 1. The summed E-state index contributed by atoms with van der Waals surface area (Å²) in [6, 6.07) is 17.9. The Morgan fingerprint density at radius 1 is 1.09 bits per heavy atom. The first-order valence-electron chi connectivity index (χ1n) is 11.5. The normalized spacial score (nSPS) is 13.8. The van der Waals surface area contributed by atoms with Crippen LogP contribution in [0.5, 0.6) is 0 Å². The number of aromatic nitrogens is 1. The maximum atomic E-state index is 13.0. The second kappa shape index (κ2) is 10.1. The largest absolute Gasteiger partial charge is 0.459 e. The highest BCUT2D eigenvalue weighted by Crippen LogP contribution is 2.44. The molecule has 0 bridgehead atoms. The summed E-state index contributed by atoms with van der Waals surface area (Å²) in [5, 5.41) is 7.73. The van der Waals surface area contributed by atoms with E-state index in [4.69, 9.17) is 9.40 Å². The van der Waals surface area contributed by atoms with E-state index >= 15 is 0 Å². The lowest BCUT2D eigenvalue weighted by Crippen LogP contribution is -2.19. The fraction of sp³-hybridized carbons (Fsp3) is 0.259. The van der Waals surface area contributed by atoms with Crippen molar-refractivity contribution in [2.24, 2.45) is 0 Å². The van der Waals surface area contributed by atoms with Crippen LogP contribution in [-0.2, 0) is 12.8 Å². The van der Waals surface area contributed by atoms with Gasteiger partial charge in [0, 0.05) is 21.0 Å². The number of fused-ring (bicyclic) bond motifs is 1. The molecule has 7 heteroatoms. The van der Waals surface area contributed by atoms with Crippen LogP contribution in [0.15, 0.2) is 70.2 Å². The molecule has 1 atom stereocenters. The van der Waals surface area contributed by atoms with Crippen molar-refractivity contribution in [3.8, 4) is 0 Å². The lowest BCUT2D eigenvalue weighted by Gasteiger charge is -2.24. The number of carbonyl (C=O) groups excluding carboxylic acids is 1. The Kier molecular flexibility index (Phi) is 6.74. The molecule has 5 rings (SSSR count). The molecule has 3 aromatic heterocycles. The summed E-state index contributed by atoms with van der Waals surface area (Å²) in [5.74, 6) is 0.902. The molecule has 0 unspecified atom stereocenters. The van der Waals surface area contributed by atoms with E-state index < -0.39 is 0 Å². The van der Waals surface area contributed by atoms with E-state index in [1.165, 1.54) is 28.0 Å². The third-order valence-corrected chi connectivity index (χ3v) is 8.07. The predicted molar refractivity (Wildman–Crippen MR) is 140 cm³/mol. The van der Waals surface area contributed by atoms with E-state index in [9.17, 15) is 4.79 Å². The topological polar surface area (TPSA) is 67.2 Å². The van der Waals surface area contributed by atoms with Crippen LogP contribution in [0, 0.1) is 6.92 Å². The van der Waals surface area contributed by atoms with Crippen LogP contribution in [0.3, 0.4) is 0 Å². The van der Waals surface area contributed by atoms with Gasteiger partial charge in [0.25, 0.3) is 5.91 Å². The number of pyridine rings is 1. The van der Waals surface area contributed by atoms with Gasteiger partial charge < -0.3 is 15.1 Å². The molecule has 0 spiro atoms. The van der Waals surface area contributed by atoms with Crippen molar-refractivity contribution in [3.05, 3.63) is 93.9 Å². The van der Waals surface area contributed by atoms with Crippen LogP contribution in [0.1, 0.15) is 56.7 Å². The van der Waals surface area contributed by atoms with Crippen molar-refractivity contribution in [2.75, 3.05) is 16.9 Å². The molecule has 1 aliphatic carbocycles. The first kappa shape index (κ1) is 22.7. The first-order valence-corrected chi connectivity index (χ1v) is 13.5. The maximum Gasteiger partial charge on any atom is 0.291 e. The summed E-state index contributed by atoms with van der Waals surface area (Å²) in [7, 11) is 0. The molecule has 0 saturated carbocycles. The zero-order valence-electron chi connectivity index (χ0n) is 19.3. The van der Waals surface area contributed by atoms with Gasteiger partial charge in [-0.05, 0) is 86.4 Å². The summed E-state index contributed by atoms with van der Waals surface area (Å²) >= 11 is 3.42. The number of thioether (sulfide) groups is 1. The number of hydrogen-bond acceptors (Lipinski definition) is 6. The lowest BCUT2D eigenvalue weighted by atomic mass is 9.89. The fourth-order valence-electron chi connectivity index (χ4n) is 4.45. The van der Waals surface area contributed by atoms with Crippen LogP contribution >= 0.6 is 23.1 Å². The molecule has 0 fully saturated rings. The van der Waals surface area contributed by atoms with Gasteiger partial charge in [0.2, 0.25) is 0 Å². The van der Waals surface area contributed by atoms with Crippen molar-refractivity contribution in [2.45, 2.75) is 43.5 Å². The van der Waals surface area contributed by atoms with Crippen molar-refractivity contribution in [3.63, 3.8) is 0 Å². The molecule has 0 aliphatic heterocycles. The lowest BCUT2D eigenvalue weighted by molar-refractivity contribution is 0.0997. The van der Waals surface area contributed by atoms with Crippen LogP contribution in [0.25, 0.3) is 0 Å². The SMILES string of the molecule is CSc1ccc([C@H](Nc2cccc(C)n2)c2c(NC(=O)c3ccco3)sc3c2CCCC3)cc1. The van der Waals surface area contributed by atoms with Gasteiger partial charge in [0.05, 0.1) is 12.3 Å². The second-order valence-corrected chi connectivity index (χ2v) is 10.4. The van der Waals surface area contributed by atoms with Gasteiger partial charge >= 0.3 is 0 Å². The number of carbonyl (C=O) groups is 1. The zero-order chi connectivity index (χ0) is 23.5. The Balaban J connectivity index is 1.61. The molecule has 1 amide bonds. The van der Waals surface area contributed by atoms with Gasteiger partial charge in [-0.2, -0.15) is 0 Å². The summed E-state index contributed by atoms with van der Waals surface area (Å²) in [6.45, 7) is 1.99. The van der Waals surface area contributed by atoms with Crippen molar-refractivity contribution in [1.82, 2.24) is 4.98 Å². The molecular formula is C27H27N3O2S2. The van der Waals surface area contributed by atoms with Crippen LogP contribution in [0.4, 0.5) is 10.8 Å². The third kappa shape index (κ3) is 4.76. The molecule has 3 heterocycles. The van der Waals surface area contributed by atoms with Gasteiger partial charge in [-0.3, -0.25) is 4.79 Å². The molecule has 4 aromatic rings. The summed E-state index contributed by atoms with van der Waals surface area (Å²) < 4.78 is 5.35. The number of nitrogens with zero attached hydrogens (tertiary/aromatic N) is 1. The monoisotopic (exact) mass is 489 g/mol. The van der Waals surface area contributed by atoms with Gasteiger partial charge in [-0.15, -0.1) is 23.1 Å². The quantitative estimate of drug-likeness (QED) is 0.271. The van der Waals surface area contributed by atoms with Gasteiger partial charge in [-0.1, -0.05) is 18.2 Å². The number of anilines is 2. The fourth-order valence-corrected chi connectivity index (χ4v) is 6.18. The van der Waals surface area contributed by atoms with Gasteiger partial charge in [0.15, 0.2) is 5.76 Å². The molecule has 0 radical (unpaired) electrons. The molecule has 34 heavy (non-hydrogen) atoms. The average Bonchev–Trinajstić information content (AvgIpc) is 3.51. The first-order chi connectivity index (χ1) is 16.6. The Labute approximate surface area is 208 Å². The van der Waals surface area contributed by atoms with Crippen molar-refractivity contribution >= 4 is 39.8 Å². The third-order valence-electron chi connectivity index (χ3n) is 6.10. The highest BCUT2D eigenvalue weighted by atomic mass is 32.2. The van der Waals surface area contributed by atoms with E-state index in [-0.39, 0.29) is 11.9 Å². The van der Waals surface area contributed by atoms with Crippen molar-refractivity contribution in [1.29, 1.82) is 0 Å². The molecular weight excluding hydrogens is 462 g/mol. The predicted octanol–water partition coefficient (Wildman–Crippen LogP) is 7.10. The highest BCUT2D eigenvalue weighted by molar-refractivity contribution is 7.98. The van der Waals surface area contributed by atoms with Gasteiger partial charge in [-0.25, -0.2) is 4.98 Å². The smallest absolute Gasteiger partial charge is 0.291 e. The molecule has 174 valence electrons. The van der Waals surface area contributed by atoms with Crippen LogP contribution < -0.4 is 10.6 Å². The van der Waals surface area contributed by atoms with E-state index in [0.717, 1.165) is 46.9 Å². The van der Waals surface area contributed by atoms with Crippen LogP contribution in [0.2, 0.25) is 0 Å². The number of hydrogen-bond donors (Lipinski definition) is 2. The summed E-state index contributed by atoms with van der Waals surface area (Å²) in [5.41, 5.74) is 4.59. The minimum atomic E-state index is -0.227.